The van der Waals surface area contributed by atoms with E-state index in [2.05, 4.69) is 15.0 Å². The second kappa shape index (κ2) is 5.54. The van der Waals surface area contributed by atoms with Gasteiger partial charge in [0.05, 0.1) is 6.54 Å². The van der Waals surface area contributed by atoms with Gasteiger partial charge in [0.2, 0.25) is 0 Å². The molecule has 2 N–H and O–H groups in total. The molecule has 0 saturated carbocycles. The van der Waals surface area contributed by atoms with Crippen molar-refractivity contribution < 1.29 is 4.74 Å². The molecule has 0 aliphatic carbocycles. The third-order valence-electron chi connectivity index (χ3n) is 2.51. The number of nitrogens with two attached hydrogens (primary N) is 1. The number of ether oxygens (including phenoxy) is 1. The third kappa shape index (κ3) is 3.74. The first kappa shape index (κ1) is 14.4. The van der Waals surface area contributed by atoms with Gasteiger partial charge in [-0.25, -0.2) is 15.0 Å². The van der Waals surface area contributed by atoms with Crippen LogP contribution in [0.3, 0.4) is 0 Å². The average molecular weight is 272 g/mol. The Labute approximate surface area is 119 Å². The zero-order valence-corrected chi connectivity index (χ0v) is 12.3. The normalized spacial score (nSPS) is 11.4. The Kier molecular flexibility index (Phi) is 3.99. The molecule has 1 aromatic carbocycles. The lowest BCUT2D eigenvalue weighted by Gasteiger charge is -2.21. The van der Waals surface area contributed by atoms with Gasteiger partial charge in [-0.05, 0) is 52.0 Å². The Morgan fingerprint density at radius 3 is 2.25 bits per heavy atom. The van der Waals surface area contributed by atoms with E-state index in [-0.39, 0.29) is 5.60 Å². The van der Waals surface area contributed by atoms with Crippen molar-refractivity contribution in [1.29, 1.82) is 0 Å². The molecule has 106 valence electrons. The van der Waals surface area contributed by atoms with E-state index in [1.54, 1.807) is 0 Å². The van der Waals surface area contributed by atoms with Crippen LogP contribution in [-0.2, 0) is 6.54 Å². The van der Waals surface area contributed by atoms with Crippen molar-refractivity contribution in [1.82, 2.24) is 15.0 Å². The van der Waals surface area contributed by atoms with Gasteiger partial charge in [0.25, 0.3) is 0 Å². The van der Waals surface area contributed by atoms with E-state index in [4.69, 9.17) is 10.5 Å². The minimum atomic E-state index is -0.210. The predicted molar refractivity (Wildman–Crippen MR) is 78.3 cm³/mol. The SMILES string of the molecule is Cc1nc(CN)nc(-c2ccc(OC(C)(C)C)cc2)n1. The second-order valence-corrected chi connectivity index (χ2v) is 5.57. The first-order chi connectivity index (χ1) is 9.37. The number of hydrogen-bond acceptors (Lipinski definition) is 5. The highest BCUT2D eigenvalue weighted by Gasteiger charge is 2.12. The summed E-state index contributed by atoms with van der Waals surface area (Å²) < 4.78 is 5.79. The van der Waals surface area contributed by atoms with Gasteiger partial charge >= 0.3 is 0 Å². The molecule has 0 amide bonds. The van der Waals surface area contributed by atoms with Crippen molar-refractivity contribution in [2.24, 2.45) is 5.73 Å². The van der Waals surface area contributed by atoms with Crippen molar-refractivity contribution in [3.05, 3.63) is 35.9 Å². The molecule has 5 nitrogen and oxygen atoms in total. The molecule has 20 heavy (non-hydrogen) atoms. The van der Waals surface area contributed by atoms with Crippen LogP contribution in [0.15, 0.2) is 24.3 Å². The maximum atomic E-state index is 5.79. The van der Waals surface area contributed by atoms with E-state index in [1.165, 1.54) is 0 Å². The highest BCUT2D eigenvalue weighted by atomic mass is 16.5. The van der Waals surface area contributed by atoms with Gasteiger partial charge in [-0.1, -0.05) is 0 Å². The Morgan fingerprint density at radius 2 is 1.70 bits per heavy atom. The average Bonchev–Trinajstić information content (AvgIpc) is 2.37. The number of hydrogen-bond donors (Lipinski definition) is 1. The third-order valence-corrected chi connectivity index (χ3v) is 2.51. The van der Waals surface area contributed by atoms with Crippen LogP contribution in [0, 0.1) is 6.92 Å². The number of aromatic nitrogens is 3. The minimum absolute atomic E-state index is 0.210. The van der Waals surface area contributed by atoms with Gasteiger partial charge in [0, 0.05) is 5.56 Å². The fourth-order valence-corrected chi connectivity index (χ4v) is 1.78. The Bertz CT molecular complexity index is 588. The lowest BCUT2D eigenvalue weighted by Crippen LogP contribution is -2.22. The summed E-state index contributed by atoms with van der Waals surface area (Å²) in [5.41, 5.74) is 6.30. The predicted octanol–water partition coefficient (Wildman–Crippen LogP) is 2.48. The highest BCUT2D eigenvalue weighted by Crippen LogP contribution is 2.22. The van der Waals surface area contributed by atoms with Crippen LogP contribution < -0.4 is 10.5 Å². The van der Waals surface area contributed by atoms with E-state index < -0.39 is 0 Å². The summed E-state index contributed by atoms with van der Waals surface area (Å²) in [5.74, 6) is 2.74. The van der Waals surface area contributed by atoms with E-state index in [0.29, 0.717) is 24.0 Å². The van der Waals surface area contributed by atoms with Crippen LogP contribution in [0.5, 0.6) is 5.75 Å². The highest BCUT2D eigenvalue weighted by molar-refractivity contribution is 5.56. The zero-order valence-electron chi connectivity index (χ0n) is 12.3. The molecule has 0 bridgehead atoms. The van der Waals surface area contributed by atoms with Crippen LogP contribution in [-0.4, -0.2) is 20.6 Å². The van der Waals surface area contributed by atoms with Crippen molar-refractivity contribution >= 4 is 0 Å². The summed E-state index contributed by atoms with van der Waals surface area (Å²) in [5, 5.41) is 0. The van der Waals surface area contributed by atoms with Crippen molar-refractivity contribution in [2.75, 3.05) is 0 Å². The number of rotatable bonds is 3. The van der Waals surface area contributed by atoms with Gasteiger partial charge in [-0.2, -0.15) is 0 Å². The molecule has 2 rings (SSSR count). The molecule has 0 unspecified atom stereocenters. The van der Waals surface area contributed by atoms with Crippen LogP contribution in [0.25, 0.3) is 11.4 Å². The van der Waals surface area contributed by atoms with Crippen LogP contribution in [0.4, 0.5) is 0 Å². The van der Waals surface area contributed by atoms with E-state index in [0.717, 1.165) is 11.3 Å². The Morgan fingerprint density at radius 1 is 1.05 bits per heavy atom. The number of benzene rings is 1. The second-order valence-electron chi connectivity index (χ2n) is 5.57. The summed E-state index contributed by atoms with van der Waals surface area (Å²) >= 11 is 0. The molecule has 0 aliphatic rings. The first-order valence-electron chi connectivity index (χ1n) is 6.58. The van der Waals surface area contributed by atoms with Crippen molar-refractivity contribution in [2.45, 2.75) is 39.8 Å². The van der Waals surface area contributed by atoms with Crippen LogP contribution in [0.2, 0.25) is 0 Å². The van der Waals surface area contributed by atoms with E-state index >= 15 is 0 Å². The monoisotopic (exact) mass is 272 g/mol. The standard InChI is InChI=1S/C15H20N4O/c1-10-17-13(9-16)19-14(18-10)11-5-7-12(8-6-11)20-15(2,3)4/h5-8H,9,16H2,1-4H3. The van der Waals surface area contributed by atoms with Gasteiger partial charge in [0.1, 0.15) is 23.0 Å². The molecular weight excluding hydrogens is 252 g/mol. The van der Waals surface area contributed by atoms with Crippen molar-refractivity contribution in [3.8, 4) is 17.1 Å². The first-order valence-corrected chi connectivity index (χ1v) is 6.58. The summed E-state index contributed by atoms with van der Waals surface area (Å²) in [7, 11) is 0. The number of aryl methyl sites for hydroxylation is 1. The van der Waals surface area contributed by atoms with Gasteiger partial charge < -0.3 is 10.5 Å². The van der Waals surface area contributed by atoms with Crippen LogP contribution in [0.1, 0.15) is 32.4 Å². The minimum Gasteiger partial charge on any atom is -0.488 e. The smallest absolute Gasteiger partial charge is 0.163 e. The van der Waals surface area contributed by atoms with E-state index in [1.807, 2.05) is 52.0 Å². The summed E-state index contributed by atoms with van der Waals surface area (Å²) in [6, 6.07) is 7.72. The molecule has 0 radical (unpaired) electrons. The molecule has 0 fully saturated rings. The van der Waals surface area contributed by atoms with Gasteiger partial charge in [0.15, 0.2) is 5.82 Å². The molecule has 0 spiro atoms. The Hall–Kier alpha value is -2.01. The topological polar surface area (TPSA) is 73.9 Å². The summed E-state index contributed by atoms with van der Waals surface area (Å²) in [6.07, 6.45) is 0. The zero-order chi connectivity index (χ0) is 14.8. The molecule has 1 aromatic heterocycles. The van der Waals surface area contributed by atoms with Crippen molar-refractivity contribution in [3.63, 3.8) is 0 Å². The molecule has 0 saturated heterocycles. The summed E-state index contributed by atoms with van der Waals surface area (Å²) in [4.78, 5) is 12.8. The molecule has 1 heterocycles. The maximum absolute atomic E-state index is 5.79. The van der Waals surface area contributed by atoms with Crippen LogP contribution >= 0.6 is 0 Å². The lowest BCUT2D eigenvalue weighted by molar-refractivity contribution is 0.131. The molecule has 0 aliphatic heterocycles. The number of nitrogens with zero attached hydrogens (tertiary/aromatic N) is 3. The van der Waals surface area contributed by atoms with Gasteiger partial charge in [-0.15, -0.1) is 0 Å². The van der Waals surface area contributed by atoms with E-state index in [9.17, 15) is 0 Å². The fourth-order valence-electron chi connectivity index (χ4n) is 1.78. The quantitative estimate of drug-likeness (QED) is 0.929. The maximum Gasteiger partial charge on any atom is 0.163 e. The molecular formula is C15H20N4O. The molecule has 0 atom stereocenters. The van der Waals surface area contributed by atoms with Gasteiger partial charge in [-0.3, -0.25) is 0 Å². The summed E-state index contributed by atoms with van der Waals surface area (Å²) in [6.45, 7) is 8.19. The largest absolute Gasteiger partial charge is 0.488 e. The Balaban J connectivity index is 2.28. The lowest BCUT2D eigenvalue weighted by atomic mass is 10.1. The molecule has 2 aromatic rings. The molecule has 5 heteroatoms. The fraction of sp³-hybridized carbons (Fsp3) is 0.400.